The Kier molecular flexibility index (Phi) is 2.69. The lowest BCUT2D eigenvalue weighted by Gasteiger charge is -2.24. The molecule has 0 unspecified atom stereocenters. The molecule has 0 atom stereocenters. The van der Waals surface area contributed by atoms with Gasteiger partial charge in [-0.2, -0.15) is 0 Å². The molecule has 5 heteroatoms. The Hall–Kier alpha value is -0.680. The fourth-order valence-electron chi connectivity index (χ4n) is 1.33. The minimum atomic E-state index is -0.139. The summed E-state index contributed by atoms with van der Waals surface area (Å²) in [5.74, 6) is -0.160. The summed E-state index contributed by atoms with van der Waals surface area (Å²) < 4.78 is 0.826. The van der Waals surface area contributed by atoms with Gasteiger partial charge in [0.2, 0.25) is 0 Å². The first kappa shape index (κ1) is 9.86. The standard InChI is InChI=1S/C9H9NO2S2/c1-10-3-2-6(11)7(8(10)12)9-13-4-5-14-9/h4-5H,2-3H2,1H3. The second-order valence-corrected chi connectivity index (χ2v) is 5.16. The van der Waals surface area contributed by atoms with E-state index in [0.717, 1.165) is 4.24 Å². The lowest BCUT2D eigenvalue weighted by Crippen LogP contribution is -2.38. The SMILES string of the molecule is CN1CCC(=O)C(=C2SC=CS2)C1=O. The lowest BCUT2D eigenvalue weighted by atomic mass is 10.0. The zero-order valence-corrected chi connectivity index (χ0v) is 9.28. The number of piperidine rings is 1. The van der Waals surface area contributed by atoms with Crippen LogP contribution in [0, 0.1) is 0 Å². The number of rotatable bonds is 0. The number of carbonyl (C=O) groups excluding carboxylic acids is 2. The summed E-state index contributed by atoms with van der Waals surface area (Å²) in [6, 6.07) is 0. The van der Waals surface area contributed by atoms with E-state index in [1.54, 1.807) is 11.9 Å². The molecule has 14 heavy (non-hydrogen) atoms. The van der Waals surface area contributed by atoms with Gasteiger partial charge in [-0.25, -0.2) is 0 Å². The van der Waals surface area contributed by atoms with Gasteiger partial charge < -0.3 is 4.90 Å². The number of amides is 1. The Morgan fingerprint density at radius 1 is 1.29 bits per heavy atom. The zero-order valence-electron chi connectivity index (χ0n) is 7.65. The summed E-state index contributed by atoms with van der Waals surface area (Å²) in [5, 5.41) is 3.78. The molecule has 0 radical (unpaired) electrons. The molecule has 0 aromatic carbocycles. The van der Waals surface area contributed by atoms with E-state index < -0.39 is 0 Å². The lowest BCUT2D eigenvalue weighted by molar-refractivity contribution is -0.132. The highest BCUT2D eigenvalue weighted by Crippen LogP contribution is 2.41. The summed E-state index contributed by atoms with van der Waals surface area (Å²) in [4.78, 5) is 24.9. The Labute approximate surface area is 90.6 Å². The fourth-order valence-corrected chi connectivity index (χ4v) is 3.22. The van der Waals surface area contributed by atoms with E-state index >= 15 is 0 Å². The van der Waals surface area contributed by atoms with E-state index in [1.165, 1.54) is 23.5 Å². The average molecular weight is 227 g/mol. The average Bonchev–Trinajstić information content (AvgIpc) is 2.65. The normalized spacial score (nSPS) is 22.5. The number of ketones is 1. The van der Waals surface area contributed by atoms with E-state index in [4.69, 9.17) is 0 Å². The van der Waals surface area contributed by atoms with Gasteiger partial charge in [0.05, 0.1) is 4.24 Å². The van der Waals surface area contributed by atoms with Gasteiger partial charge in [-0.3, -0.25) is 9.59 Å². The number of likely N-dealkylation sites (tertiary alicyclic amines) is 1. The number of Topliss-reactive ketones (excluding diaryl/α,β-unsaturated/α-hetero) is 1. The van der Waals surface area contributed by atoms with Crippen molar-refractivity contribution < 1.29 is 9.59 Å². The summed E-state index contributed by atoms with van der Waals surface area (Å²) in [7, 11) is 1.73. The van der Waals surface area contributed by atoms with Crippen molar-refractivity contribution in [1.82, 2.24) is 4.90 Å². The summed E-state index contributed by atoms with van der Waals surface area (Å²) in [5.41, 5.74) is 0.374. The molecule has 0 bridgehead atoms. The molecule has 1 amide bonds. The zero-order chi connectivity index (χ0) is 10.1. The van der Waals surface area contributed by atoms with Crippen molar-refractivity contribution in [3.05, 3.63) is 20.6 Å². The quantitative estimate of drug-likeness (QED) is 0.465. The summed E-state index contributed by atoms with van der Waals surface area (Å²) in [6.45, 7) is 0.539. The number of hydrogen-bond acceptors (Lipinski definition) is 4. The molecular formula is C9H9NO2S2. The number of likely N-dealkylation sites (N-methyl/N-ethyl adjacent to an activating group) is 1. The predicted octanol–water partition coefficient (Wildman–Crippen LogP) is 1.58. The van der Waals surface area contributed by atoms with Crippen molar-refractivity contribution in [1.29, 1.82) is 0 Å². The molecule has 2 heterocycles. The molecule has 0 spiro atoms. The molecule has 2 aliphatic rings. The molecule has 1 saturated heterocycles. The van der Waals surface area contributed by atoms with Crippen molar-refractivity contribution in [3.8, 4) is 0 Å². The Bertz CT molecular complexity index is 350. The highest BCUT2D eigenvalue weighted by molar-refractivity contribution is 8.27. The van der Waals surface area contributed by atoms with Crippen LogP contribution in [0.15, 0.2) is 20.6 Å². The van der Waals surface area contributed by atoms with Gasteiger partial charge in [-0.1, -0.05) is 23.5 Å². The van der Waals surface area contributed by atoms with Gasteiger partial charge >= 0.3 is 0 Å². The van der Waals surface area contributed by atoms with Crippen LogP contribution in [0.3, 0.4) is 0 Å². The molecule has 2 aliphatic heterocycles. The van der Waals surface area contributed by atoms with Gasteiger partial charge in [0.15, 0.2) is 5.78 Å². The molecule has 0 aromatic rings. The van der Waals surface area contributed by atoms with Gasteiger partial charge in [-0.05, 0) is 10.8 Å². The first-order valence-corrected chi connectivity index (χ1v) is 5.97. The third kappa shape index (κ3) is 1.62. The van der Waals surface area contributed by atoms with Crippen molar-refractivity contribution in [2.24, 2.45) is 0 Å². The van der Waals surface area contributed by atoms with Gasteiger partial charge in [0.1, 0.15) is 5.57 Å². The van der Waals surface area contributed by atoms with Crippen molar-refractivity contribution in [2.75, 3.05) is 13.6 Å². The molecule has 0 aliphatic carbocycles. The van der Waals surface area contributed by atoms with E-state index in [-0.39, 0.29) is 11.7 Å². The summed E-state index contributed by atoms with van der Waals surface area (Å²) >= 11 is 2.90. The maximum Gasteiger partial charge on any atom is 0.258 e. The molecule has 1 fully saturated rings. The monoisotopic (exact) mass is 227 g/mol. The predicted molar refractivity (Wildman–Crippen MR) is 58.6 cm³/mol. The minimum Gasteiger partial charge on any atom is -0.341 e. The van der Waals surface area contributed by atoms with Gasteiger partial charge in [0.25, 0.3) is 5.91 Å². The maximum absolute atomic E-state index is 11.7. The molecule has 2 rings (SSSR count). The molecule has 74 valence electrons. The van der Waals surface area contributed by atoms with Crippen molar-refractivity contribution in [2.45, 2.75) is 6.42 Å². The number of thioether (sulfide) groups is 2. The topological polar surface area (TPSA) is 37.4 Å². The van der Waals surface area contributed by atoms with Crippen molar-refractivity contribution in [3.63, 3.8) is 0 Å². The third-order valence-corrected chi connectivity index (χ3v) is 4.25. The smallest absolute Gasteiger partial charge is 0.258 e. The van der Waals surface area contributed by atoms with Crippen LogP contribution < -0.4 is 0 Å². The first-order chi connectivity index (χ1) is 6.70. The van der Waals surface area contributed by atoms with Gasteiger partial charge in [-0.15, -0.1) is 0 Å². The largest absolute Gasteiger partial charge is 0.341 e. The first-order valence-electron chi connectivity index (χ1n) is 4.21. The van der Waals surface area contributed by atoms with Crippen LogP contribution in [0.1, 0.15) is 6.42 Å². The van der Waals surface area contributed by atoms with Crippen molar-refractivity contribution >= 4 is 35.2 Å². The second kappa shape index (κ2) is 3.82. The molecular weight excluding hydrogens is 218 g/mol. The Balaban J connectivity index is 2.35. The number of nitrogens with zero attached hydrogens (tertiary/aromatic N) is 1. The van der Waals surface area contributed by atoms with Crippen LogP contribution in [0.2, 0.25) is 0 Å². The summed E-state index contributed by atoms with van der Waals surface area (Å²) in [6.07, 6.45) is 0.447. The van der Waals surface area contributed by atoms with Gasteiger partial charge in [0, 0.05) is 20.0 Å². The van der Waals surface area contributed by atoms with Crippen LogP contribution in [0.25, 0.3) is 0 Å². The maximum atomic E-state index is 11.7. The number of hydrogen-bond donors (Lipinski definition) is 0. The minimum absolute atomic E-state index is 0.0215. The van der Waals surface area contributed by atoms with Crippen LogP contribution in [-0.4, -0.2) is 30.2 Å². The molecule has 0 saturated carbocycles. The molecule has 0 aromatic heterocycles. The van der Waals surface area contributed by atoms with E-state index in [2.05, 4.69) is 0 Å². The van der Waals surface area contributed by atoms with Crippen LogP contribution in [-0.2, 0) is 9.59 Å². The van der Waals surface area contributed by atoms with E-state index in [0.29, 0.717) is 18.5 Å². The highest BCUT2D eigenvalue weighted by Gasteiger charge is 2.31. The fraction of sp³-hybridized carbons (Fsp3) is 0.333. The highest BCUT2D eigenvalue weighted by atomic mass is 32.2. The molecule has 0 N–H and O–H groups in total. The van der Waals surface area contributed by atoms with Crippen LogP contribution in [0.4, 0.5) is 0 Å². The third-order valence-electron chi connectivity index (χ3n) is 2.12. The number of carbonyl (C=O) groups is 2. The van der Waals surface area contributed by atoms with E-state index in [9.17, 15) is 9.59 Å². The second-order valence-electron chi connectivity index (χ2n) is 3.07. The van der Waals surface area contributed by atoms with Crippen LogP contribution in [0.5, 0.6) is 0 Å². The van der Waals surface area contributed by atoms with E-state index in [1.807, 2.05) is 10.8 Å². The molecule has 3 nitrogen and oxygen atoms in total. The Morgan fingerprint density at radius 2 is 1.93 bits per heavy atom. The Morgan fingerprint density at radius 3 is 2.57 bits per heavy atom. The van der Waals surface area contributed by atoms with Crippen LogP contribution >= 0.6 is 23.5 Å².